The second kappa shape index (κ2) is 9.25. The van der Waals surface area contributed by atoms with Gasteiger partial charge in [-0.2, -0.15) is 0 Å². The fraction of sp³-hybridized carbons (Fsp3) is 0.611. The summed E-state index contributed by atoms with van der Waals surface area (Å²) >= 11 is 0. The number of nitro groups is 1. The van der Waals surface area contributed by atoms with Crippen LogP contribution in [-0.4, -0.2) is 23.1 Å². The van der Waals surface area contributed by atoms with E-state index in [1.54, 1.807) is 12.1 Å². The average Bonchev–Trinajstić information content (AvgIpc) is 2.45. The van der Waals surface area contributed by atoms with Gasteiger partial charge in [0.15, 0.2) is 0 Å². The molecule has 24 heavy (non-hydrogen) atoms. The molecule has 0 N–H and O–H groups in total. The molecule has 0 radical (unpaired) electrons. The van der Waals surface area contributed by atoms with Gasteiger partial charge in [-0.3, -0.25) is 14.9 Å². The number of carbonyl (C=O) groups is 1. The summed E-state index contributed by atoms with van der Waals surface area (Å²) in [6.45, 7) is 7.98. The normalized spacial score (nSPS) is 11.2. The van der Waals surface area contributed by atoms with Gasteiger partial charge in [-0.05, 0) is 52.2 Å². The number of aryl methyl sites for hydroxylation is 1. The van der Waals surface area contributed by atoms with Gasteiger partial charge in [-0.15, -0.1) is 0 Å². The van der Waals surface area contributed by atoms with Gasteiger partial charge in [0.1, 0.15) is 11.4 Å². The van der Waals surface area contributed by atoms with Crippen molar-refractivity contribution in [2.24, 2.45) is 0 Å². The molecule has 0 aromatic heterocycles. The number of hydrogen-bond donors (Lipinski definition) is 0. The molecule has 6 nitrogen and oxygen atoms in total. The van der Waals surface area contributed by atoms with Crippen LogP contribution in [0.2, 0.25) is 0 Å². The lowest BCUT2D eigenvalue weighted by Crippen LogP contribution is -2.23. The first-order chi connectivity index (χ1) is 11.2. The zero-order valence-corrected chi connectivity index (χ0v) is 15.0. The minimum atomic E-state index is -0.456. The molecule has 6 heteroatoms. The molecule has 0 bridgehead atoms. The van der Waals surface area contributed by atoms with Gasteiger partial charge in [0.05, 0.1) is 11.5 Å². The molecule has 134 valence electrons. The molecule has 1 rings (SSSR count). The van der Waals surface area contributed by atoms with Gasteiger partial charge in [-0.25, -0.2) is 0 Å². The number of benzene rings is 1. The summed E-state index contributed by atoms with van der Waals surface area (Å²) in [6.07, 6.45) is 3.25. The highest BCUT2D eigenvalue weighted by molar-refractivity contribution is 5.69. The molecule has 0 spiro atoms. The van der Waals surface area contributed by atoms with Crippen molar-refractivity contribution < 1.29 is 19.2 Å². The molecule has 0 aliphatic rings. The molecule has 0 saturated carbocycles. The number of nitrogens with zero attached hydrogens (tertiary/aromatic N) is 1. The summed E-state index contributed by atoms with van der Waals surface area (Å²) in [6, 6.07) is 4.84. The van der Waals surface area contributed by atoms with Crippen LogP contribution in [0, 0.1) is 10.1 Å². The van der Waals surface area contributed by atoms with Crippen LogP contribution >= 0.6 is 0 Å². The van der Waals surface area contributed by atoms with E-state index in [-0.39, 0.29) is 16.6 Å². The third kappa shape index (κ3) is 7.44. The Labute approximate surface area is 143 Å². The molecule has 0 aliphatic carbocycles. The Hall–Kier alpha value is -2.11. The molecule has 1 aromatic rings. The monoisotopic (exact) mass is 337 g/mol. The van der Waals surface area contributed by atoms with E-state index < -0.39 is 5.60 Å². The Morgan fingerprint density at radius 1 is 1.25 bits per heavy atom. The van der Waals surface area contributed by atoms with Crippen molar-refractivity contribution in [1.29, 1.82) is 0 Å². The molecule has 1 aromatic carbocycles. The molecular formula is C18H27NO5. The second-order valence-electron chi connectivity index (χ2n) is 6.69. The lowest BCUT2D eigenvalue weighted by molar-refractivity contribution is -0.385. The molecular weight excluding hydrogens is 310 g/mol. The van der Waals surface area contributed by atoms with Crippen LogP contribution in [0.15, 0.2) is 18.2 Å². The molecule has 0 fully saturated rings. The number of nitro benzene ring substituents is 1. The lowest BCUT2D eigenvalue weighted by Gasteiger charge is -2.19. The van der Waals surface area contributed by atoms with Crippen molar-refractivity contribution in [1.82, 2.24) is 0 Å². The van der Waals surface area contributed by atoms with E-state index in [1.807, 2.05) is 27.7 Å². The van der Waals surface area contributed by atoms with E-state index in [4.69, 9.17) is 9.47 Å². The maximum Gasteiger partial charge on any atom is 0.306 e. The highest BCUT2D eigenvalue weighted by Gasteiger charge is 2.16. The van der Waals surface area contributed by atoms with Gasteiger partial charge < -0.3 is 9.47 Å². The van der Waals surface area contributed by atoms with Crippen molar-refractivity contribution in [2.45, 2.75) is 65.4 Å². The Kier molecular flexibility index (Phi) is 7.68. The molecule has 0 amide bonds. The SMILES string of the molecule is CCCc1cc(OCCCCC(=O)OC(C)(C)C)ccc1[N+](=O)[O-]. The standard InChI is InChI=1S/C18H27NO5/c1-5-8-14-13-15(10-11-16(14)19(21)22)23-12-7-6-9-17(20)24-18(2,3)4/h10-11,13H,5-9,12H2,1-4H3. The predicted octanol–water partition coefficient (Wildman–Crippen LogP) is 4.44. The van der Waals surface area contributed by atoms with Gasteiger partial charge >= 0.3 is 5.97 Å². The largest absolute Gasteiger partial charge is 0.494 e. The number of rotatable bonds is 9. The predicted molar refractivity (Wildman–Crippen MR) is 92.3 cm³/mol. The Morgan fingerprint density at radius 2 is 1.96 bits per heavy atom. The van der Waals surface area contributed by atoms with Gasteiger partial charge in [0.25, 0.3) is 5.69 Å². The van der Waals surface area contributed by atoms with Gasteiger partial charge in [-0.1, -0.05) is 13.3 Å². The maximum atomic E-state index is 11.6. The van der Waals surface area contributed by atoms with E-state index >= 15 is 0 Å². The van der Waals surface area contributed by atoms with E-state index in [0.717, 1.165) is 12.8 Å². The highest BCUT2D eigenvalue weighted by Crippen LogP contribution is 2.25. The van der Waals surface area contributed by atoms with Crippen LogP contribution in [0.1, 0.15) is 58.9 Å². The summed E-state index contributed by atoms with van der Waals surface area (Å²) in [4.78, 5) is 22.2. The summed E-state index contributed by atoms with van der Waals surface area (Å²) in [5.74, 6) is 0.421. The summed E-state index contributed by atoms with van der Waals surface area (Å²) < 4.78 is 10.9. The number of unbranched alkanes of at least 4 members (excludes halogenated alkanes) is 1. The minimum absolute atomic E-state index is 0.133. The van der Waals surface area contributed by atoms with E-state index in [9.17, 15) is 14.9 Å². The quantitative estimate of drug-likeness (QED) is 0.288. The van der Waals surface area contributed by atoms with Crippen LogP contribution in [0.5, 0.6) is 5.75 Å². The first-order valence-electron chi connectivity index (χ1n) is 8.35. The van der Waals surface area contributed by atoms with Gasteiger partial charge in [0.2, 0.25) is 0 Å². The topological polar surface area (TPSA) is 78.7 Å². The second-order valence-corrected chi connectivity index (χ2v) is 6.69. The third-order valence-electron chi connectivity index (χ3n) is 3.23. The van der Waals surface area contributed by atoms with E-state index in [1.165, 1.54) is 6.07 Å². The highest BCUT2D eigenvalue weighted by atomic mass is 16.6. The number of ether oxygens (including phenoxy) is 2. The Bertz CT molecular complexity index is 563. The first-order valence-corrected chi connectivity index (χ1v) is 8.35. The fourth-order valence-corrected chi connectivity index (χ4v) is 2.25. The van der Waals surface area contributed by atoms with Crippen LogP contribution < -0.4 is 4.74 Å². The van der Waals surface area contributed by atoms with Crippen molar-refractivity contribution in [3.63, 3.8) is 0 Å². The molecule has 0 saturated heterocycles. The molecule has 0 heterocycles. The van der Waals surface area contributed by atoms with E-state index in [2.05, 4.69) is 0 Å². The lowest BCUT2D eigenvalue weighted by atomic mass is 10.1. The van der Waals surface area contributed by atoms with Crippen molar-refractivity contribution in [3.05, 3.63) is 33.9 Å². The summed E-state index contributed by atoms with van der Waals surface area (Å²) in [5.41, 5.74) is 0.366. The van der Waals surface area contributed by atoms with Crippen LogP contribution in [0.4, 0.5) is 5.69 Å². The average molecular weight is 337 g/mol. The van der Waals surface area contributed by atoms with Crippen LogP contribution in [-0.2, 0) is 16.0 Å². The first kappa shape index (κ1) is 19.9. The van der Waals surface area contributed by atoms with Crippen molar-refractivity contribution in [3.8, 4) is 5.75 Å². The van der Waals surface area contributed by atoms with Crippen molar-refractivity contribution in [2.75, 3.05) is 6.61 Å². The molecule has 0 aliphatic heterocycles. The minimum Gasteiger partial charge on any atom is -0.494 e. The fourth-order valence-electron chi connectivity index (χ4n) is 2.25. The summed E-state index contributed by atoms with van der Waals surface area (Å²) in [5, 5.41) is 11.0. The number of esters is 1. The van der Waals surface area contributed by atoms with Gasteiger partial charge in [0, 0.05) is 18.1 Å². The smallest absolute Gasteiger partial charge is 0.306 e. The Morgan fingerprint density at radius 3 is 2.54 bits per heavy atom. The van der Waals surface area contributed by atoms with Crippen LogP contribution in [0.25, 0.3) is 0 Å². The zero-order chi connectivity index (χ0) is 18.2. The number of hydrogen-bond acceptors (Lipinski definition) is 5. The van der Waals surface area contributed by atoms with Crippen molar-refractivity contribution >= 4 is 11.7 Å². The molecule has 0 atom stereocenters. The number of carbonyl (C=O) groups excluding carboxylic acids is 1. The molecule has 0 unspecified atom stereocenters. The van der Waals surface area contributed by atoms with E-state index in [0.29, 0.717) is 37.2 Å². The maximum absolute atomic E-state index is 11.6. The third-order valence-corrected chi connectivity index (χ3v) is 3.23. The van der Waals surface area contributed by atoms with Crippen LogP contribution in [0.3, 0.4) is 0 Å². The summed E-state index contributed by atoms with van der Waals surface area (Å²) in [7, 11) is 0. The zero-order valence-electron chi connectivity index (χ0n) is 15.0. The Balaban J connectivity index is 2.41.